The van der Waals surface area contributed by atoms with Gasteiger partial charge in [0.15, 0.2) is 27.2 Å². The molecule has 0 radical (unpaired) electrons. The van der Waals surface area contributed by atoms with Crippen LogP contribution in [0.15, 0.2) is 41.8 Å². The smallest absolute Gasteiger partial charge is 0.251 e. The van der Waals surface area contributed by atoms with Crippen molar-refractivity contribution in [3.8, 4) is 11.9 Å². The predicted molar refractivity (Wildman–Crippen MR) is 97.4 cm³/mol. The molecule has 10 nitrogen and oxygen atoms in total. The summed E-state index contributed by atoms with van der Waals surface area (Å²) in [6.45, 7) is -0.0127. The Balaban J connectivity index is 1.79. The van der Waals surface area contributed by atoms with Crippen LogP contribution >= 0.6 is 11.6 Å². The molecule has 0 atom stereocenters. The summed E-state index contributed by atoms with van der Waals surface area (Å²) in [6, 6.07) is 5.74. The molecule has 1 aromatic carbocycles. The first-order chi connectivity index (χ1) is 13.3. The van der Waals surface area contributed by atoms with E-state index in [9.17, 15) is 13.2 Å². The number of amides is 1. The molecule has 0 spiro atoms. The summed E-state index contributed by atoms with van der Waals surface area (Å²) in [7, 11) is -3.52. The standard InChI is InChI=1S/C16H12ClN7O3S/c1-28(26,27)13-3-10(2-11(17)4-13)16(25)21-8-15-22-9-23-24(15)14-7-19-12(5-18)6-20-14/h2-4,6-7,9H,8H2,1H3,(H,21,25). The summed E-state index contributed by atoms with van der Waals surface area (Å²) in [5.74, 6) is 0.147. The van der Waals surface area contributed by atoms with Crippen LogP contribution in [0.4, 0.5) is 0 Å². The Bertz CT molecular complexity index is 1180. The number of nitrogens with zero attached hydrogens (tertiary/aromatic N) is 6. The Hall–Kier alpha value is -3.36. The van der Waals surface area contributed by atoms with Gasteiger partial charge in [0.2, 0.25) is 0 Å². The van der Waals surface area contributed by atoms with Gasteiger partial charge in [-0.3, -0.25) is 4.79 Å². The van der Waals surface area contributed by atoms with E-state index in [0.717, 1.165) is 6.26 Å². The van der Waals surface area contributed by atoms with Crippen molar-refractivity contribution in [2.24, 2.45) is 0 Å². The number of sulfone groups is 1. The van der Waals surface area contributed by atoms with Crippen molar-refractivity contribution in [1.82, 2.24) is 30.0 Å². The largest absolute Gasteiger partial charge is 0.345 e. The molecule has 0 aliphatic carbocycles. The van der Waals surface area contributed by atoms with Crippen LogP contribution in [0.25, 0.3) is 5.82 Å². The van der Waals surface area contributed by atoms with E-state index in [2.05, 4.69) is 25.4 Å². The average Bonchev–Trinajstić information content (AvgIpc) is 3.13. The molecule has 1 amide bonds. The van der Waals surface area contributed by atoms with Crippen LogP contribution in [-0.4, -0.2) is 45.3 Å². The molecule has 1 N–H and O–H groups in total. The molecule has 0 saturated heterocycles. The van der Waals surface area contributed by atoms with Crippen molar-refractivity contribution >= 4 is 27.3 Å². The Morgan fingerprint density at radius 1 is 1.25 bits per heavy atom. The zero-order chi connectivity index (χ0) is 20.3. The van der Waals surface area contributed by atoms with Gasteiger partial charge in [0.25, 0.3) is 5.91 Å². The first-order valence-corrected chi connectivity index (χ1v) is 9.95. The fourth-order valence-electron chi connectivity index (χ4n) is 2.23. The summed E-state index contributed by atoms with van der Waals surface area (Å²) >= 11 is 5.92. The van der Waals surface area contributed by atoms with E-state index in [1.807, 2.05) is 6.07 Å². The summed E-state index contributed by atoms with van der Waals surface area (Å²) in [5.41, 5.74) is 0.249. The van der Waals surface area contributed by atoms with E-state index in [1.54, 1.807) is 0 Å². The third-order valence-electron chi connectivity index (χ3n) is 3.56. The maximum atomic E-state index is 12.4. The van der Waals surface area contributed by atoms with Crippen LogP contribution < -0.4 is 5.32 Å². The molecule has 3 aromatic rings. The monoisotopic (exact) mass is 417 g/mol. The SMILES string of the molecule is CS(=O)(=O)c1cc(Cl)cc(C(=O)NCc2ncnn2-c2cnc(C#N)cn2)c1. The van der Waals surface area contributed by atoms with Crippen LogP contribution in [0.2, 0.25) is 5.02 Å². The third kappa shape index (κ3) is 4.30. The molecular weight excluding hydrogens is 406 g/mol. The lowest BCUT2D eigenvalue weighted by Crippen LogP contribution is -2.25. The molecule has 0 aliphatic rings. The third-order valence-corrected chi connectivity index (χ3v) is 4.87. The topological polar surface area (TPSA) is 144 Å². The lowest BCUT2D eigenvalue weighted by Gasteiger charge is -2.08. The Morgan fingerprint density at radius 3 is 2.68 bits per heavy atom. The lowest BCUT2D eigenvalue weighted by molar-refractivity contribution is 0.0949. The molecule has 28 heavy (non-hydrogen) atoms. The number of carbonyl (C=O) groups excluding carboxylic acids is 1. The zero-order valence-electron chi connectivity index (χ0n) is 14.4. The molecule has 3 rings (SSSR count). The summed E-state index contributed by atoms with van der Waals surface area (Å²) in [6.07, 6.45) is 4.95. The highest BCUT2D eigenvalue weighted by molar-refractivity contribution is 7.90. The molecule has 0 saturated carbocycles. The predicted octanol–water partition coefficient (Wildman–Crippen LogP) is 0.916. The molecular formula is C16H12ClN7O3S. The van der Waals surface area contributed by atoms with Crippen LogP contribution in [0.3, 0.4) is 0 Å². The minimum Gasteiger partial charge on any atom is -0.345 e. The minimum absolute atomic E-state index is 0.0127. The van der Waals surface area contributed by atoms with Gasteiger partial charge in [-0.05, 0) is 18.2 Å². The van der Waals surface area contributed by atoms with Crippen molar-refractivity contribution in [3.63, 3.8) is 0 Å². The highest BCUT2D eigenvalue weighted by Crippen LogP contribution is 2.19. The number of rotatable bonds is 5. The summed E-state index contributed by atoms with van der Waals surface area (Å²) in [4.78, 5) is 24.4. The molecule has 0 bridgehead atoms. The summed E-state index contributed by atoms with van der Waals surface area (Å²) in [5, 5.41) is 15.5. The number of nitrogens with one attached hydrogen (secondary N) is 1. The second-order valence-electron chi connectivity index (χ2n) is 5.59. The fourth-order valence-corrected chi connectivity index (χ4v) is 3.22. The molecule has 12 heteroatoms. The van der Waals surface area contributed by atoms with E-state index in [0.29, 0.717) is 11.6 Å². The maximum absolute atomic E-state index is 12.4. The van der Waals surface area contributed by atoms with Gasteiger partial charge in [-0.15, -0.1) is 0 Å². The first-order valence-electron chi connectivity index (χ1n) is 7.68. The minimum atomic E-state index is -3.52. The van der Waals surface area contributed by atoms with Gasteiger partial charge < -0.3 is 5.32 Å². The maximum Gasteiger partial charge on any atom is 0.251 e. The normalized spacial score (nSPS) is 11.0. The van der Waals surface area contributed by atoms with Gasteiger partial charge in [-0.25, -0.2) is 23.4 Å². The van der Waals surface area contributed by atoms with Crippen LogP contribution in [-0.2, 0) is 16.4 Å². The van der Waals surface area contributed by atoms with E-state index in [-0.39, 0.29) is 27.7 Å². The molecule has 142 valence electrons. The van der Waals surface area contributed by atoms with E-state index in [1.165, 1.54) is 41.6 Å². The van der Waals surface area contributed by atoms with Gasteiger partial charge in [0.1, 0.15) is 12.4 Å². The van der Waals surface area contributed by atoms with Crippen molar-refractivity contribution in [3.05, 3.63) is 59.0 Å². The van der Waals surface area contributed by atoms with Gasteiger partial charge in [0, 0.05) is 16.8 Å². The zero-order valence-corrected chi connectivity index (χ0v) is 15.9. The summed E-state index contributed by atoms with van der Waals surface area (Å²) < 4.78 is 24.8. The molecule has 0 aliphatic heterocycles. The second kappa shape index (κ2) is 7.71. The molecule has 2 aromatic heterocycles. The van der Waals surface area contributed by atoms with Gasteiger partial charge in [-0.2, -0.15) is 15.0 Å². The lowest BCUT2D eigenvalue weighted by atomic mass is 10.2. The molecule has 0 unspecified atom stereocenters. The Kier molecular flexibility index (Phi) is 5.34. The average molecular weight is 418 g/mol. The van der Waals surface area contributed by atoms with Gasteiger partial charge in [0.05, 0.1) is 23.8 Å². The quantitative estimate of drug-likeness (QED) is 0.645. The number of nitriles is 1. The Labute approximate surface area is 164 Å². The highest BCUT2D eigenvalue weighted by atomic mass is 35.5. The van der Waals surface area contributed by atoms with E-state index in [4.69, 9.17) is 16.9 Å². The van der Waals surface area contributed by atoms with Crippen LogP contribution in [0.5, 0.6) is 0 Å². The number of benzene rings is 1. The fraction of sp³-hybridized carbons (Fsp3) is 0.125. The molecule has 0 fully saturated rings. The van der Waals surface area contributed by atoms with Gasteiger partial charge >= 0.3 is 0 Å². The highest BCUT2D eigenvalue weighted by Gasteiger charge is 2.15. The van der Waals surface area contributed by atoms with Crippen LogP contribution in [0.1, 0.15) is 21.9 Å². The first kappa shape index (κ1) is 19.4. The van der Waals surface area contributed by atoms with Crippen molar-refractivity contribution in [1.29, 1.82) is 5.26 Å². The second-order valence-corrected chi connectivity index (χ2v) is 8.04. The number of hydrogen-bond acceptors (Lipinski definition) is 8. The number of carbonyl (C=O) groups is 1. The molecule has 2 heterocycles. The number of hydrogen-bond donors (Lipinski definition) is 1. The van der Waals surface area contributed by atoms with E-state index < -0.39 is 15.7 Å². The Morgan fingerprint density at radius 2 is 2.04 bits per heavy atom. The van der Waals surface area contributed by atoms with Crippen molar-refractivity contribution < 1.29 is 13.2 Å². The van der Waals surface area contributed by atoms with Crippen LogP contribution in [0, 0.1) is 11.3 Å². The number of aromatic nitrogens is 5. The van der Waals surface area contributed by atoms with Gasteiger partial charge in [-0.1, -0.05) is 11.6 Å². The van der Waals surface area contributed by atoms with E-state index >= 15 is 0 Å². The number of halogens is 1. The van der Waals surface area contributed by atoms with Crippen molar-refractivity contribution in [2.45, 2.75) is 11.4 Å². The van der Waals surface area contributed by atoms with Crippen molar-refractivity contribution in [2.75, 3.05) is 6.26 Å².